The summed E-state index contributed by atoms with van der Waals surface area (Å²) in [4.78, 5) is 26.8. The van der Waals surface area contributed by atoms with E-state index in [0.717, 1.165) is 16.7 Å². The molecule has 0 spiro atoms. The maximum absolute atomic E-state index is 13.2. The number of fused-ring (bicyclic) bond motifs is 1. The normalized spacial score (nSPS) is 17.0. The molecule has 6 aromatic rings. The molecule has 1 unspecified atom stereocenters. The van der Waals surface area contributed by atoms with Gasteiger partial charge in [0.2, 0.25) is 5.28 Å². The van der Waals surface area contributed by atoms with Gasteiger partial charge in [-0.25, -0.2) is 9.65 Å². The number of aromatic nitrogens is 4. The molecule has 0 saturated carbocycles. The van der Waals surface area contributed by atoms with Crippen molar-refractivity contribution in [2.75, 3.05) is 32.8 Å². The highest BCUT2D eigenvalue weighted by Gasteiger charge is 2.45. The van der Waals surface area contributed by atoms with Gasteiger partial charge in [-0.3, -0.25) is 9.36 Å². The minimum absolute atomic E-state index is 0.0552. The van der Waals surface area contributed by atoms with Gasteiger partial charge in [0, 0.05) is 24.1 Å². The van der Waals surface area contributed by atoms with Crippen LogP contribution in [0.15, 0.2) is 116 Å². The average molecular weight is 892 g/mol. The Morgan fingerprint density at radius 1 is 0.905 bits per heavy atom. The van der Waals surface area contributed by atoms with E-state index in [1.807, 2.05) is 84.9 Å². The minimum Gasteiger partial charge on any atom is -0.497 e. The predicted molar refractivity (Wildman–Crippen MR) is 242 cm³/mol. The highest BCUT2D eigenvalue weighted by molar-refractivity contribution is 7.44. The van der Waals surface area contributed by atoms with Crippen molar-refractivity contribution in [2.24, 2.45) is 0 Å². The first kappa shape index (κ1) is 45.5. The highest BCUT2D eigenvalue weighted by atomic mass is 35.5. The summed E-state index contributed by atoms with van der Waals surface area (Å²) in [5.41, 5.74) is 2.60. The molecule has 2 aromatic heterocycles. The number of nitriles is 1. The Balaban J connectivity index is 1.30. The summed E-state index contributed by atoms with van der Waals surface area (Å²) in [6, 6.07) is 36.8. The summed E-state index contributed by atoms with van der Waals surface area (Å²) in [7, 11) is 1.58. The number of hydrogen-bond donors (Lipinski definition) is 1. The number of imidazole rings is 1. The molecule has 1 amide bonds. The van der Waals surface area contributed by atoms with Crippen LogP contribution in [0.2, 0.25) is 5.28 Å². The third-order valence-corrected chi connectivity index (χ3v) is 13.0. The number of carbonyl (C=O) groups excluding carboxylic acids is 1. The van der Waals surface area contributed by atoms with Gasteiger partial charge in [-0.1, -0.05) is 72.8 Å². The molecule has 0 radical (unpaired) electrons. The number of anilines is 1. The van der Waals surface area contributed by atoms with E-state index < -0.39 is 32.6 Å². The first-order chi connectivity index (χ1) is 30.6. The molecule has 14 nitrogen and oxygen atoms in total. The Labute approximate surface area is 374 Å². The van der Waals surface area contributed by atoms with Crippen molar-refractivity contribution in [1.29, 1.82) is 5.26 Å². The average Bonchev–Trinajstić information content (AvgIpc) is 3.91. The summed E-state index contributed by atoms with van der Waals surface area (Å²) < 4.78 is 42.9. The van der Waals surface area contributed by atoms with Crippen LogP contribution in [0.1, 0.15) is 73.8 Å². The van der Waals surface area contributed by atoms with Gasteiger partial charge < -0.3 is 33.3 Å². The largest absolute Gasteiger partial charge is 0.497 e. The van der Waals surface area contributed by atoms with E-state index in [-0.39, 0.29) is 48.7 Å². The molecule has 4 atom stereocenters. The zero-order valence-electron chi connectivity index (χ0n) is 36.1. The lowest BCUT2D eigenvalue weighted by Crippen LogP contribution is -2.39. The third-order valence-electron chi connectivity index (χ3n) is 10.7. The number of amides is 1. The third kappa shape index (κ3) is 10.2. The van der Waals surface area contributed by atoms with Crippen molar-refractivity contribution in [1.82, 2.24) is 24.2 Å². The molecular weight excluding hydrogens is 841 g/mol. The monoisotopic (exact) mass is 891 g/mol. The van der Waals surface area contributed by atoms with Crippen LogP contribution >= 0.6 is 20.1 Å². The fourth-order valence-electron chi connectivity index (χ4n) is 7.78. The van der Waals surface area contributed by atoms with Crippen molar-refractivity contribution in [3.8, 4) is 17.6 Å². The number of carbonyl (C=O) groups is 1. The summed E-state index contributed by atoms with van der Waals surface area (Å²) in [5, 5.41) is 12.2. The Hall–Kier alpha value is -5.49. The molecule has 63 heavy (non-hydrogen) atoms. The Kier molecular flexibility index (Phi) is 15.0. The molecule has 1 N–H and O–H groups in total. The van der Waals surface area contributed by atoms with Crippen molar-refractivity contribution in [3.05, 3.63) is 143 Å². The van der Waals surface area contributed by atoms with Crippen molar-refractivity contribution in [3.63, 3.8) is 0 Å². The quantitative estimate of drug-likeness (QED) is 0.0356. The van der Waals surface area contributed by atoms with Crippen LogP contribution in [0.3, 0.4) is 0 Å². The van der Waals surface area contributed by atoms with Crippen LogP contribution < -0.4 is 14.8 Å². The van der Waals surface area contributed by atoms with Gasteiger partial charge in [0.25, 0.3) is 14.4 Å². The lowest BCUT2D eigenvalue weighted by Gasteiger charge is -2.39. The second-order valence-electron chi connectivity index (χ2n) is 15.4. The lowest BCUT2D eigenvalue weighted by atomic mass is 9.80. The zero-order valence-corrected chi connectivity index (χ0v) is 37.7. The molecule has 16 heteroatoms. The first-order valence-corrected chi connectivity index (χ1v) is 22.2. The maximum Gasteiger partial charge on any atom is 0.259 e. The molecule has 3 heterocycles. The number of methoxy groups -OCH3 is 2. The van der Waals surface area contributed by atoms with Crippen molar-refractivity contribution in [2.45, 2.75) is 76.7 Å². The molecule has 4 aromatic carbocycles. The van der Waals surface area contributed by atoms with Crippen LogP contribution in [0.5, 0.6) is 11.5 Å². The number of nitrogens with one attached hydrogen (secondary N) is 1. The summed E-state index contributed by atoms with van der Waals surface area (Å²) >= 11 is 6.52. The summed E-state index contributed by atoms with van der Waals surface area (Å²) in [6.45, 7) is 8.62. The Bertz CT molecular complexity index is 2420. The predicted octanol–water partition coefficient (Wildman–Crippen LogP) is 9.71. The number of hydrogen-bond acceptors (Lipinski definition) is 12. The summed E-state index contributed by atoms with van der Waals surface area (Å²) in [5.74, 6) is 1.20. The van der Waals surface area contributed by atoms with E-state index in [1.54, 1.807) is 49.4 Å². The van der Waals surface area contributed by atoms with Gasteiger partial charge in [0.05, 0.1) is 52.4 Å². The smallest absolute Gasteiger partial charge is 0.259 e. The van der Waals surface area contributed by atoms with E-state index in [9.17, 15) is 10.1 Å². The highest BCUT2D eigenvalue weighted by Crippen LogP contribution is 2.51. The Morgan fingerprint density at radius 3 is 2.06 bits per heavy atom. The number of halogens is 1. The van der Waals surface area contributed by atoms with Crippen LogP contribution in [-0.4, -0.2) is 81.8 Å². The van der Waals surface area contributed by atoms with Crippen molar-refractivity contribution >= 4 is 43.0 Å². The SMILES string of the molecule is COc1ccc(C(OC[C@H]2O[C@@H](n3cnc4c(NC(=O)c5ccccc5)nc(Cl)nc43)C[C@@H]2OP(OCCC#N)N(C(C)C)C(C)C)(c2ccccc2)c2ccc(OC)cc2)cc1. The van der Waals surface area contributed by atoms with E-state index in [0.29, 0.717) is 34.6 Å². The van der Waals surface area contributed by atoms with Gasteiger partial charge in [-0.2, -0.15) is 15.2 Å². The first-order valence-electron chi connectivity index (χ1n) is 20.7. The zero-order chi connectivity index (χ0) is 44.5. The molecule has 1 fully saturated rings. The molecule has 328 valence electrons. The summed E-state index contributed by atoms with van der Waals surface area (Å²) in [6.07, 6.45) is 0.204. The maximum atomic E-state index is 13.2. The molecule has 1 saturated heterocycles. The second kappa shape index (κ2) is 20.8. The molecule has 1 aliphatic heterocycles. The van der Waals surface area contributed by atoms with Gasteiger partial charge in [0.1, 0.15) is 29.4 Å². The van der Waals surface area contributed by atoms with Crippen LogP contribution in [0, 0.1) is 11.3 Å². The van der Waals surface area contributed by atoms with E-state index in [4.69, 9.17) is 39.6 Å². The van der Waals surface area contributed by atoms with E-state index in [1.165, 1.54) is 0 Å². The molecular formula is C47H51ClN7O7P. The number of benzene rings is 4. The van der Waals surface area contributed by atoms with Gasteiger partial charge in [-0.15, -0.1) is 0 Å². The minimum atomic E-state index is -1.69. The number of ether oxygens (including phenoxy) is 4. The standard InChI is InChI=1S/C47H51ClN7O7P/c1-31(2)55(32(3)4)63(60-27-13-26-49)62-39-28-41(54-30-50-42-43(52-46(48)53-44(42)54)51-45(56)33-14-9-7-10-15-33)61-40(39)29-59-47(34-16-11-8-12-17-34,35-18-22-37(57-5)23-19-35)36-20-24-38(58-6)25-21-36/h7-12,14-25,30-32,39-41H,13,27-29H2,1-6H3,(H,51,52,53,56)/t39-,40+,41+,63?/m0/s1. The van der Waals surface area contributed by atoms with Gasteiger partial charge in [-0.05, 0) is 92.4 Å². The fourth-order valence-corrected chi connectivity index (χ4v) is 9.70. The Morgan fingerprint density at radius 2 is 1.49 bits per heavy atom. The van der Waals surface area contributed by atoms with Crippen LogP contribution in [0.25, 0.3) is 11.2 Å². The fraction of sp³-hybridized carbons (Fsp3) is 0.340. The van der Waals surface area contributed by atoms with Crippen molar-refractivity contribution < 1.29 is 32.8 Å². The van der Waals surface area contributed by atoms with E-state index >= 15 is 0 Å². The topological polar surface area (TPSA) is 155 Å². The van der Waals surface area contributed by atoms with Gasteiger partial charge >= 0.3 is 0 Å². The van der Waals surface area contributed by atoms with E-state index in [2.05, 4.69) is 58.7 Å². The molecule has 0 bridgehead atoms. The number of rotatable bonds is 19. The molecule has 7 rings (SSSR count). The lowest BCUT2D eigenvalue weighted by molar-refractivity contribution is -0.0912. The number of nitrogens with zero attached hydrogens (tertiary/aromatic N) is 6. The van der Waals surface area contributed by atoms with Gasteiger partial charge in [0.15, 0.2) is 17.0 Å². The van der Waals surface area contributed by atoms with Crippen LogP contribution in [0.4, 0.5) is 5.82 Å². The van der Waals surface area contributed by atoms with Crippen LogP contribution in [-0.2, 0) is 24.1 Å². The molecule has 1 aliphatic rings. The second-order valence-corrected chi connectivity index (χ2v) is 17.1. The molecule has 0 aliphatic carbocycles.